The van der Waals surface area contributed by atoms with Gasteiger partial charge in [-0.1, -0.05) is 0 Å². The lowest BCUT2D eigenvalue weighted by Crippen LogP contribution is -2.47. The van der Waals surface area contributed by atoms with Gasteiger partial charge in [-0.2, -0.15) is 0 Å². The number of likely N-dealkylation sites (N-methyl/N-ethyl adjacent to an activating group) is 1. The zero-order valence-electron chi connectivity index (χ0n) is 11.3. The first kappa shape index (κ1) is 15.9. The summed E-state index contributed by atoms with van der Waals surface area (Å²) in [6.07, 6.45) is -2.17. The monoisotopic (exact) mass is 273 g/mol. The molecule has 0 bridgehead atoms. The van der Waals surface area contributed by atoms with Crippen molar-refractivity contribution in [2.75, 3.05) is 33.2 Å². The average molecular weight is 273 g/mol. The predicted octanol–water partition coefficient (Wildman–Crippen LogP) is -1.86. The van der Waals surface area contributed by atoms with E-state index < -0.39 is 18.1 Å². The zero-order chi connectivity index (χ0) is 14.4. The summed E-state index contributed by atoms with van der Waals surface area (Å²) < 4.78 is 0. The van der Waals surface area contributed by atoms with Gasteiger partial charge in [-0.15, -0.1) is 0 Å². The van der Waals surface area contributed by atoms with Crippen molar-refractivity contribution in [3.05, 3.63) is 0 Å². The Morgan fingerprint density at radius 2 is 1.63 bits per heavy atom. The Morgan fingerprint density at radius 1 is 1.11 bits per heavy atom. The molecule has 0 unspecified atom stereocenters. The molecule has 1 heterocycles. The minimum absolute atomic E-state index is 0.0115. The summed E-state index contributed by atoms with van der Waals surface area (Å²) in [6, 6.07) is 0. The Bertz CT molecular complexity index is 316. The maximum Gasteiger partial charge on any atom is 0.225 e. The van der Waals surface area contributed by atoms with Gasteiger partial charge in [-0.25, -0.2) is 0 Å². The number of carbonyl (C=O) groups excluding carboxylic acids is 2. The van der Waals surface area contributed by atoms with Crippen LogP contribution in [0.1, 0.15) is 19.3 Å². The fraction of sp³-hybridized carbons (Fsp3) is 0.833. The van der Waals surface area contributed by atoms with Gasteiger partial charge in [0.1, 0.15) is 0 Å². The molecule has 2 amide bonds. The van der Waals surface area contributed by atoms with Crippen molar-refractivity contribution in [1.82, 2.24) is 9.80 Å². The molecule has 7 nitrogen and oxygen atoms in total. The zero-order valence-corrected chi connectivity index (χ0v) is 11.3. The van der Waals surface area contributed by atoms with Gasteiger partial charge in [0.05, 0.1) is 25.0 Å². The molecule has 7 heteroatoms. The molecule has 1 aliphatic rings. The topological polar surface area (TPSA) is 107 Å². The number of carbonyl (C=O) groups is 2. The van der Waals surface area contributed by atoms with Crippen molar-refractivity contribution in [1.29, 1.82) is 0 Å². The number of primary amides is 1. The van der Waals surface area contributed by atoms with E-state index in [4.69, 9.17) is 5.73 Å². The minimum atomic E-state index is -0.993. The maximum atomic E-state index is 11.9. The predicted molar refractivity (Wildman–Crippen MR) is 69.1 cm³/mol. The van der Waals surface area contributed by atoms with E-state index in [1.807, 2.05) is 7.05 Å². The lowest BCUT2D eigenvalue weighted by Gasteiger charge is -2.33. The normalized spacial score (nSPS) is 20.1. The molecule has 0 aromatic heterocycles. The van der Waals surface area contributed by atoms with Crippen molar-refractivity contribution in [2.45, 2.75) is 31.5 Å². The van der Waals surface area contributed by atoms with Crippen LogP contribution in [0.25, 0.3) is 0 Å². The van der Waals surface area contributed by atoms with Gasteiger partial charge >= 0.3 is 0 Å². The van der Waals surface area contributed by atoms with Crippen LogP contribution in [0.3, 0.4) is 0 Å². The summed E-state index contributed by atoms with van der Waals surface area (Å²) in [5.74, 6) is -0.739. The first-order valence-electron chi connectivity index (χ1n) is 6.49. The SMILES string of the molecule is CN1CCN(C(=O)C[C@H](O)C[C@@H](O)CC(N)=O)CC1. The van der Waals surface area contributed by atoms with Gasteiger partial charge in [0.15, 0.2) is 0 Å². The Labute approximate surface area is 113 Å². The fourth-order valence-electron chi connectivity index (χ4n) is 2.10. The quantitative estimate of drug-likeness (QED) is 0.526. The van der Waals surface area contributed by atoms with Crippen LogP contribution >= 0.6 is 0 Å². The van der Waals surface area contributed by atoms with E-state index in [2.05, 4.69) is 4.90 Å². The Balaban J connectivity index is 2.29. The summed E-state index contributed by atoms with van der Waals surface area (Å²) in [4.78, 5) is 26.3. The second kappa shape index (κ2) is 7.42. The lowest BCUT2D eigenvalue weighted by molar-refractivity contribution is -0.135. The smallest absolute Gasteiger partial charge is 0.225 e. The van der Waals surface area contributed by atoms with Gasteiger partial charge in [0.25, 0.3) is 0 Å². The van der Waals surface area contributed by atoms with Gasteiger partial charge in [0.2, 0.25) is 11.8 Å². The number of nitrogens with zero attached hydrogens (tertiary/aromatic N) is 2. The number of amides is 2. The number of piperazine rings is 1. The molecule has 0 saturated carbocycles. The second-order valence-corrected chi connectivity index (χ2v) is 5.10. The number of aliphatic hydroxyl groups excluding tert-OH is 2. The van der Waals surface area contributed by atoms with Gasteiger partial charge < -0.3 is 25.7 Å². The molecule has 0 aromatic carbocycles. The van der Waals surface area contributed by atoms with Crippen LogP contribution in [0.2, 0.25) is 0 Å². The van der Waals surface area contributed by atoms with E-state index in [0.29, 0.717) is 13.1 Å². The third-order valence-corrected chi connectivity index (χ3v) is 3.25. The summed E-state index contributed by atoms with van der Waals surface area (Å²) >= 11 is 0. The molecule has 0 aliphatic carbocycles. The summed E-state index contributed by atoms with van der Waals surface area (Å²) in [5.41, 5.74) is 4.94. The van der Waals surface area contributed by atoms with Crippen LogP contribution in [0.4, 0.5) is 0 Å². The van der Waals surface area contributed by atoms with E-state index in [1.165, 1.54) is 0 Å². The molecule has 1 saturated heterocycles. The number of nitrogens with two attached hydrogens (primary N) is 1. The summed E-state index contributed by atoms with van der Waals surface area (Å²) in [5, 5.41) is 19.2. The van der Waals surface area contributed by atoms with Gasteiger partial charge in [0, 0.05) is 32.6 Å². The third-order valence-electron chi connectivity index (χ3n) is 3.25. The second-order valence-electron chi connectivity index (χ2n) is 5.10. The van der Waals surface area contributed by atoms with E-state index in [9.17, 15) is 19.8 Å². The summed E-state index contributed by atoms with van der Waals surface area (Å²) in [6.45, 7) is 2.97. The van der Waals surface area contributed by atoms with E-state index in [0.717, 1.165) is 13.1 Å². The van der Waals surface area contributed by atoms with Crippen molar-refractivity contribution in [2.24, 2.45) is 5.73 Å². The first-order chi connectivity index (χ1) is 8.88. The summed E-state index contributed by atoms with van der Waals surface area (Å²) in [7, 11) is 2.00. The Morgan fingerprint density at radius 3 is 2.16 bits per heavy atom. The fourth-order valence-corrected chi connectivity index (χ4v) is 2.10. The van der Waals surface area contributed by atoms with Crippen LogP contribution in [0.15, 0.2) is 0 Å². The molecular weight excluding hydrogens is 250 g/mol. The highest BCUT2D eigenvalue weighted by atomic mass is 16.3. The Kier molecular flexibility index (Phi) is 6.20. The molecule has 1 rings (SSSR count). The lowest BCUT2D eigenvalue weighted by atomic mass is 10.1. The van der Waals surface area contributed by atoms with E-state index in [1.54, 1.807) is 4.90 Å². The van der Waals surface area contributed by atoms with Crippen molar-refractivity contribution in [3.8, 4) is 0 Å². The highest BCUT2D eigenvalue weighted by Crippen LogP contribution is 2.09. The molecular formula is C12H23N3O4. The average Bonchev–Trinajstić information content (AvgIpc) is 2.27. The van der Waals surface area contributed by atoms with Crippen LogP contribution in [0.5, 0.6) is 0 Å². The first-order valence-corrected chi connectivity index (χ1v) is 6.49. The van der Waals surface area contributed by atoms with Gasteiger partial charge in [-0.3, -0.25) is 9.59 Å². The van der Waals surface area contributed by atoms with Crippen molar-refractivity contribution >= 4 is 11.8 Å². The van der Waals surface area contributed by atoms with Crippen LogP contribution in [-0.4, -0.2) is 77.3 Å². The van der Waals surface area contributed by atoms with Crippen LogP contribution in [-0.2, 0) is 9.59 Å². The highest BCUT2D eigenvalue weighted by Gasteiger charge is 2.23. The molecule has 2 atom stereocenters. The van der Waals surface area contributed by atoms with E-state index >= 15 is 0 Å². The maximum absolute atomic E-state index is 11.9. The number of hydrogen-bond acceptors (Lipinski definition) is 5. The van der Waals surface area contributed by atoms with Gasteiger partial charge in [-0.05, 0) is 7.05 Å². The minimum Gasteiger partial charge on any atom is -0.392 e. The molecule has 4 N–H and O–H groups in total. The molecule has 1 aliphatic heterocycles. The Hall–Kier alpha value is -1.18. The molecule has 110 valence electrons. The standard InChI is InChI=1S/C12H23N3O4/c1-14-2-4-15(5-3-14)12(19)8-10(17)6-9(16)7-11(13)18/h9-10,16-17H,2-8H2,1H3,(H2,13,18)/t9-,10-/m1/s1. The molecule has 1 fully saturated rings. The number of rotatable bonds is 6. The number of hydrogen-bond donors (Lipinski definition) is 3. The van der Waals surface area contributed by atoms with Crippen molar-refractivity contribution in [3.63, 3.8) is 0 Å². The van der Waals surface area contributed by atoms with Crippen molar-refractivity contribution < 1.29 is 19.8 Å². The third kappa shape index (κ3) is 6.00. The molecule has 0 spiro atoms. The molecule has 19 heavy (non-hydrogen) atoms. The highest BCUT2D eigenvalue weighted by molar-refractivity contribution is 5.77. The van der Waals surface area contributed by atoms with Crippen LogP contribution < -0.4 is 5.73 Å². The molecule has 0 radical (unpaired) electrons. The largest absolute Gasteiger partial charge is 0.392 e. The molecule has 0 aromatic rings. The van der Waals surface area contributed by atoms with Crippen LogP contribution in [0, 0.1) is 0 Å². The number of aliphatic hydroxyl groups is 2. The van der Waals surface area contributed by atoms with E-state index in [-0.39, 0.29) is 25.2 Å².